The van der Waals surface area contributed by atoms with Gasteiger partial charge in [0.05, 0.1) is 17.0 Å². The molecule has 2 heterocycles. The molecule has 0 unspecified atom stereocenters. The zero-order chi connectivity index (χ0) is 24.3. The van der Waals surface area contributed by atoms with Gasteiger partial charge in [0.1, 0.15) is 12.1 Å². The van der Waals surface area contributed by atoms with Gasteiger partial charge in [0.15, 0.2) is 0 Å². The fraction of sp³-hybridized carbons (Fsp3) is 0.348. The van der Waals surface area contributed by atoms with Crippen molar-refractivity contribution in [3.05, 3.63) is 74.3 Å². The second kappa shape index (κ2) is 10.5. The van der Waals surface area contributed by atoms with Crippen LogP contribution in [0, 0.1) is 12.8 Å². The van der Waals surface area contributed by atoms with Crippen LogP contribution in [0.1, 0.15) is 50.5 Å². The van der Waals surface area contributed by atoms with E-state index in [0.29, 0.717) is 34.1 Å². The first kappa shape index (κ1) is 24.7. The maximum Gasteiger partial charge on any atom is 0.333 e. The molecule has 1 aliphatic rings. The number of hydrogen-bond acceptors (Lipinski definition) is 8. The molecule has 1 fully saturated rings. The summed E-state index contributed by atoms with van der Waals surface area (Å²) in [6.45, 7) is 2.06. The Labute approximate surface area is 207 Å². The lowest BCUT2D eigenvalue weighted by Gasteiger charge is -2.15. The molecule has 3 N–H and O–H groups in total. The Kier molecular flexibility index (Phi) is 7.63. The van der Waals surface area contributed by atoms with E-state index in [1.54, 1.807) is 0 Å². The lowest BCUT2D eigenvalue weighted by atomic mass is 10.0. The molecular formula is C23H25ClN4O4S2. The fourth-order valence-corrected chi connectivity index (χ4v) is 5.75. The van der Waals surface area contributed by atoms with Crippen molar-refractivity contribution in [2.75, 3.05) is 11.9 Å². The lowest BCUT2D eigenvalue weighted by molar-refractivity contribution is 0.104. The highest BCUT2D eigenvalue weighted by Crippen LogP contribution is 2.31. The molecule has 1 aliphatic carbocycles. The summed E-state index contributed by atoms with van der Waals surface area (Å²) in [7, 11) is -3.95. The third-order valence-corrected chi connectivity index (χ3v) is 7.63. The number of nitrogens with two attached hydrogens (primary N) is 1. The van der Waals surface area contributed by atoms with E-state index in [1.807, 2.05) is 37.3 Å². The van der Waals surface area contributed by atoms with Crippen LogP contribution in [0.2, 0.25) is 5.02 Å². The van der Waals surface area contributed by atoms with E-state index in [1.165, 1.54) is 23.9 Å². The van der Waals surface area contributed by atoms with E-state index in [0.717, 1.165) is 28.8 Å². The Morgan fingerprint density at radius 3 is 2.91 bits per heavy atom. The first-order valence-electron chi connectivity index (χ1n) is 10.8. The molecule has 34 heavy (non-hydrogen) atoms. The van der Waals surface area contributed by atoms with Crippen molar-refractivity contribution >= 4 is 44.8 Å². The van der Waals surface area contributed by atoms with Gasteiger partial charge in [0.25, 0.3) is 0 Å². The summed E-state index contributed by atoms with van der Waals surface area (Å²) >= 11 is 7.56. The van der Waals surface area contributed by atoms with Crippen molar-refractivity contribution in [3.8, 4) is 0 Å². The summed E-state index contributed by atoms with van der Waals surface area (Å²) in [5.41, 5.74) is 2.57. The molecular weight excluding hydrogens is 496 g/mol. The standard InChI is InChI=1S/C23H25ClN4O4S2/c1-14-17(7-15-3-2-4-18(24)8-15)10-21(33-14)22(29)20-11-26-13-27-23(20)28-19-6-5-16(9-19)12-32-34(25,30)31/h2-4,8,10-11,13,16,19H,5-7,9,12H2,1H3,(H2,25,30,31)(H,26,27,28)/t16-,19+/m1/s1. The highest BCUT2D eigenvalue weighted by Gasteiger charge is 2.28. The van der Waals surface area contributed by atoms with E-state index < -0.39 is 10.3 Å². The van der Waals surface area contributed by atoms with Gasteiger partial charge >= 0.3 is 10.3 Å². The number of nitrogens with one attached hydrogen (secondary N) is 1. The fourth-order valence-electron chi connectivity index (χ4n) is 4.16. The van der Waals surface area contributed by atoms with Crippen LogP contribution in [0.5, 0.6) is 0 Å². The van der Waals surface area contributed by atoms with Crippen LogP contribution in [-0.2, 0) is 20.9 Å². The normalized spacial score (nSPS) is 18.2. The van der Waals surface area contributed by atoms with Gasteiger partial charge in [0, 0.05) is 22.1 Å². The summed E-state index contributed by atoms with van der Waals surface area (Å²) in [6.07, 6.45) is 5.90. The molecule has 3 aromatic rings. The molecule has 11 heteroatoms. The number of carbonyl (C=O) groups is 1. The third-order valence-electron chi connectivity index (χ3n) is 5.83. The molecule has 0 bridgehead atoms. The smallest absolute Gasteiger partial charge is 0.333 e. The van der Waals surface area contributed by atoms with Gasteiger partial charge in [-0.05, 0) is 67.9 Å². The first-order chi connectivity index (χ1) is 16.2. The number of thiophene rings is 1. The molecule has 0 aliphatic heterocycles. The third kappa shape index (κ3) is 6.39. The Bertz CT molecular complexity index is 1300. The van der Waals surface area contributed by atoms with Crippen molar-refractivity contribution in [1.82, 2.24) is 9.97 Å². The zero-order valence-electron chi connectivity index (χ0n) is 18.5. The quantitative estimate of drug-likeness (QED) is 0.406. The monoisotopic (exact) mass is 520 g/mol. The zero-order valence-corrected chi connectivity index (χ0v) is 20.9. The van der Waals surface area contributed by atoms with Gasteiger partial charge in [-0.1, -0.05) is 23.7 Å². The summed E-state index contributed by atoms with van der Waals surface area (Å²) in [4.78, 5) is 23.4. The minimum Gasteiger partial charge on any atom is -0.367 e. The molecule has 0 spiro atoms. The van der Waals surface area contributed by atoms with E-state index >= 15 is 0 Å². The van der Waals surface area contributed by atoms with E-state index in [-0.39, 0.29) is 24.3 Å². The van der Waals surface area contributed by atoms with Gasteiger partial charge in [-0.2, -0.15) is 8.42 Å². The maximum atomic E-state index is 13.4. The number of carbonyl (C=O) groups excluding carboxylic acids is 1. The molecule has 1 aromatic carbocycles. The van der Waals surface area contributed by atoms with Crippen LogP contribution in [0.3, 0.4) is 0 Å². The number of ketones is 1. The summed E-state index contributed by atoms with van der Waals surface area (Å²) < 4.78 is 26.8. The summed E-state index contributed by atoms with van der Waals surface area (Å²) in [5.74, 6) is 0.395. The number of anilines is 1. The predicted octanol–water partition coefficient (Wildman–Crippen LogP) is 4.12. The van der Waals surface area contributed by atoms with E-state index in [2.05, 4.69) is 15.3 Å². The highest BCUT2D eigenvalue weighted by molar-refractivity contribution is 7.84. The minimum atomic E-state index is -3.95. The maximum absolute atomic E-state index is 13.4. The van der Waals surface area contributed by atoms with Gasteiger partial charge in [-0.25, -0.2) is 15.1 Å². The topological polar surface area (TPSA) is 124 Å². The van der Waals surface area contributed by atoms with Gasteiger partial charge < -0.3 is 5.32 Å². The Hall–Kier alpha value is -2.37. The summed E-state index contributed by atoms with van der Waals surface area (Å²) in [6, 6.07) is 9.66. The number of rotatable bonds is 9. The van der Waals surface area contributed by atoms with Gasteiger partial charge in [-0.15, -0.1) is 11.3 Å². The molecule has 2 aromatic heterocycles. The largest absolute Gasteiger partial charge is 0.367 e. The first-order valence-corrected chi connectivity index (χ1v) is 13.5. The predicted molar refractivity (Wildman–Crippen MR) is 133 cm³/mol. The highest BCUT2D eigenvalue weighted by atomic mass is 35.5. The lowest BCUT2D eigenvalue weighted by Crippen LogP contribution is -2.22. The number of aromatic nitrogens is 2. The van der Waals surface area contributed by atoms with Crippen LogP contribution < -0.4 is 10.5 Å². The number of nitrogens with zero attached hydrogens (tertiary/aromatic N) is 2. The minimum absolute atomic E-state index is 0.0407. The Morgan fingerprint density at radius 1 is 1.32 bits per heavy atom. The average Bonchev–Trinajstić information content (AvgIpc) is 3.38. The van der Waals surface area contributed by atoms with E-state index in [4.69, 9.17) is 20.9 Å². The molecule has 0 saturated heterocycles. The molecule has 4 rings (SSSR count). The molecule has 0 radical (unpaired) electrons. The Morgan fingerprint density at radius 2 is 2.15 bits per heavy atom. The SMILES string of the molecule is Cc1sc(C(=O)c2cncnc2N[C@H]2CC[C@@H](COS(N)(=O)=O)C2)cc1Cc1cccc(Cl)c1. The van der Waals surface area contributed by atoms with Crippen molar-refractivity contribution in [1.29, 1.82) is 0 Å². The van der Waals surface area contributed by atoms with Crippen molar-refractivity contribution in [3.63, 3.8) is 0 Å². The number of hydrogen-bond donors (Lipinski definition) is 2. The van der Waals surface area contributed by atoms with E-state index in [9.17, 15) is 13.2 Å². The number of aryl methyl sites for hydroxylation is 1. The number of benzene rings is 1. The molecule has 0 amide bonds. The van der Waals surface area contributed by atoms with Gasteiger partial charge in [-0.3, -0.25) is 8.98 Å². The molecule has 2 atom stereocenters. The van der Waals surface area contributed by atoms with Crippen molar-refractivity contribution < 1.29 is 17.4 Å². The second-order valence-electron chi connectivity index (χ2n) is 8.41. The van der Waals surface area contributed by atoms with Gasteiger partial charge in [0.2, 0.25) is 5.78 Å². The average molecular weight is 521 g/mol. The second-order valence-corrected chi connectivity index (χ2v) is 11.3. The van der Waals surface area contributed by atoms with Crippen LogP contribution in [0.15, 0.2) is 42.9 Å². The van der Waals surface area contributed by atoms with Crippen molar-refractivity contribution in [2.24, 2.45) is 11.1 Å². The van der Waals surface area contributed by atoms with Crippen LogP contribution in [0.25, 0.3) is 0 Å². The van der Waals surface area contributed by atoms with Crippen molar-refractivity contribution in [2.45, 2.75) is 38.6 Å². The van der Waals surface area contributed by atoms with Crippen LogP contribution in [0.4, 0.5) is 5.82 Å². The van der Waals surface area contributed by atoms with Crippen LogP contribution >= 0.6 is 22.9 Å². The van der Waals surface area contributed by atoms with Crippen LogP contribution in [-0.4, -0.2) is 36.8 Å². The molecule has 180 valence electrons. The number of halogens is 1. The molecule has 8 nitrogen and oxygen atoms in total. The Balaban J connectivity index is 1.46. The molecule has 1 saturated carbocycles. The summed E-state index contributed by atoms with van der Waals surface area (Å²) in [5, 5.41) is 8.94.